The van der Waals surface area contributed by atoms with Crippen molar-refractivity contribution in [3.63, 3.8) is 0 Å². The Hall–Kier alpha value is -1.16. The molecule has 0 saturated heterocycles. The monoisotopic (exact) mass is 311 g/mol. The van der Waals surface area contributed by atoms with Crippen molar-refractivity contribution in [2.75, 3.05) is 11.1 Å². The van der Waals surface area contributed by atoms with Gasteiger partial charge in [0.15, 0.2) is 0 Å². The highest BCUT2D eigenvalue weighted by Gasteiger charge is 2.04. The van der Waals surface area contributed by atoms with Gasteiger partial charge < -0.3 is 5.32 Å². The van der Waals surface area contributed by atoms with E-state index in [1.807, 2.05) is 12.1 Å². The van der Waals surface area contributed by atoms with E-state index in [0.29, 0.717) is 21.5 Å². The zero-order valence-electron chi connectivity index (χ0n) is 9.90. The van der Waals surface area contributed by atoms with Crippen LogP contribution in [0.4, 0.5) is 5.69 Å². The van der Waals surface area contributed by atoms with Gasteiger partial charge in [-0.3, -0.25) is 4.79 Å². The fourth-order valence-electron chi connectivity index (χ4n) is 1.44. The number of benzene rings is 2. The molecular weight excluding hydrogens is 301 g/mol. The molecule has 2 aromatic carbocycles. The van der Waals surface area contributed by atoms with Gasteiger partial charge >= 0.3 is 0 Å². The van der Waals surface area contributed by atoms with Crippen LogP contribution in [-0.4, -0.2) is 11.7 Å². The largest absolute Gasteiger partial charge is 0.325 e. The van der Waals surface area contributed by atoms with Crippen LogP contribution in [0, 0.1) is 0 Å². The standard InChI is InChI=1S/C14H11Cl2NOS/c15-10-4-6-13(7-5-10)19-9-14(18)17-12-3-1-2-11(16)8-12/h1-8H,9H2,(H,17,18). The van der Waals surface area contributed by atoms with E-state index in [9.17, 15) is 4.79 Å². The van der Waals surface area contributed by atoms with Crippen LogP contribution in [-0.2, 0) is 4.79 Å². The zero-order chi connectivity index (χ0) is 13.7. The summed E-state index contributed by atoms with van der Waals surface area (Å²) in [6.45, 7) is 0. The first-order valence-corrected chi connectivity index (χ1v) is 7.31. The Kier molecular flexibility index (Phi) is 5.14. The molecule has 98 valence electrons. The van der Waals surface area contributed by atoms with Crippen LogP contribution in [0.1, 0.15) is 0 Å². The van der Waals surface area contributed by atoms with Gasteiger partial charge in [0.2, 0.25) is 5.91 Å². The molecular formula is C14H11Cl2NOS. The summed E-state index contributed by atoms with van der Waals surface area (Å²) in [7, 11) is 0. The molecule has 2 nitrogen and oxygen atoms in total. The molecule has 0 radical (unpaired) electrons. The first kappa shape index (κ1) is 14.3. The average molecular weight is 312 g/mol. The molecule has 0 heterocycles. The van der Waals surface area contributed by atoms with Gasteiger partial charge in [0.1, 0.15) is 0 Å². The van der Waals surface area contributed by atoms with E-state index in [0.717, 1.165) is 4.90 Å². The second-order valence-electron chi connectivity index (χ2n) is 3.80. The predicted octanol–water partition coefficient (Wildman–Crippen LogP) is 4.72. The molecule has 0 atom stereocenters. The predicted molar refractivity (Wildman–Crippen MR) is 82.3 cm³/mol. The lowest BCUT2D eigenvalue weighted by atomic mass is 10.3. The van der Waals surface area contributed by atoms with Crippen LogP contribution in [0.15, 0.2) is 53.4 Å². The molecule has 0 aliphatic heterocycles. The van der Waals surface area contributed by atoms with E-state index in [1.165, 1.54) is 11.8 Å². The summed E-state index contributed by atoms with van der Waals surface area (Å²) < 4.78 is 0. The van der Waals surface area contributed by atoms with Crippen LogP contribution in [0.2, 0.25) is 10.0 Å². The number of hydrogen-bond acceptors (Lipinski definition) is 2. The Labute approximate surface area is 126 Å². The highest BCUT2D eigenvalue weighted by atomic mass is 35.5. The summed E-state index contributed by atoms with van der Waals surface area (Å²) >= 11 is 13.1. The number of anilines is 1. The normalized spacial score (nSPS) is 10.2. The molecule has 0 spiro atoms. The number of carbonyl (C=O) groups excluding carboxylic acids is 1. The highest BCUT2D eigenvalue weighted by molar-refractivity contribution is 8.00. The van der Waals surface area contributed by atoms with Crippen molar-refractivity contribution >= 4 is 46.6 Å². The number of amides is 1. The Morgan fingerprint density at radius 2 is 1.79 bits per heavy atom. The summed E-state index contributed by atoms with van der Waals surface area (Å²) in [6.07, 6.45) is 0. The lowest BCUT2D eigenvalue weighted by molar-refractivity contribution is -0.113. The molecule has 5 heteroatoms. The molecule has 1 N–H and O–H groups in total. The van der Waals surface area contributed by atoms with Crippen molar-refractivity contribution in [1.29, 1.82) is 0 Å². The molecule has 0 aliphatic rings. The maximum Gasteiger partial charge on any atom is 0.234 e. The van der Waals surface area contributed by atoms with Crippen molar-refractivity contribution in [2.45, 2.75) is 4.90 Å². The lowest BCUT2D eigenvalue weighted by Crippen LogP contribution is -2.13. The summed E-state index contributed by atoms with van der Waals surface area (Å²) in [5.41, 5.74) is 0.703. The van der Waals surface area contributed by atoms with Crippen molar-refractivity contribution in [3.8, 4) is 0 Å². The van der Waals surface area contributed by atoms with Gasteiger partial charge in [-0.1, -0.05) is 29.3 Å². The summed E-state index contributed by atoms with van der Waals surface area (Å²) in [6, 6.07) is 14.5. The molecule has 0 bridgehead atoms. The molecule has 0 fully saturated rings. The summed E-state index contributed by atoms with van der Waals surface area (Å²) in [4.78, 5) is 12.8. The number of halogens is 2. The van der Waals surface area contributed by atoms with Crippen molar-refractivity contribution in [1.82, 2.24) is 0 Å². The molecule has 0 aliphatic carbocycles. The molecule has 0 unspecified atom stereocenters. The first-order valence-electron chi connectivity index (χ1n) is 5.57. The fraction of sp³-hybridized carbons (Fsp3) is 0.0714. The fourth-order valence-corrected chi connectivity index (χ4v) is 2.46. The van der Waals surface area contributed by atoms with Crippen LogP contribution >= 0.6 is 35.0 Å². The van der Waals surface area contributed by atoms with E-state index in [4.69, 9.17) is 23.2 Å². The third kappa shape index (κ3) is 4.78. The number of thioether (sulfide) groups is 1. The molecule has 2 rings (SSSR count). The third-order valence-corrected chi connectivity index (χ3v) is 3.79. The Bertz CT molecular complexity index is 572. The lowest BCUT2D eigenvalue weighted by Gasteiger charge is -2.05. The highest BCUT2D eigenvalue weighted by Crippen LogP contribution is 2.21. The van der Waals surface area contributed by atoms with Gasteiger partial charge in [-0.15, -0.1) is 11.8 Å². The second kappa shape index (κ2) is 6.85. The van der Waals surface area contributed by atoms with E-state index in [-0.39, 0.29) is 5.91 Å². The number of nitrogens with one attached hydrogen (secondary N) is 1. The van der Waals surface area contributed by atoms with Crippen LogP contribution in [0.3, 0.4) is 0 Å². The third-order valence-electron chi connectivity index (χ3n) is 2.29. The van der Waals surface area contributed by atoms with Crippen LogP contribution in [0.5, 0.6) is 0 Å². The minimum atomic E-state index is -0.0674. The van der Waals surface area contributed by atoms with Crippen LogP contribution < -0.4 is 5.32 Å². The second-order valence-corrected chi connectivity index (χ2v) is 5.72. The van der Waals surface area contributed by atoms with Gasteiger partial charge in [-0.25, -0.2) is 0 Å². The summed E-state index contributed by atoms with van der Waals surface area (Å²) in [5.74, 6) is 0.274. The Morgan fingerprint density at radius 3 is 2.47 bits per heavy atom. The Balaban J connectivity index is 1.86. The average Bonchev–Trinajstić information content (AvgIpc) is 2.38. The van der Waals surface area contributed by atoms with Crippen LogP contribution in [0.25, 0.3) is 0 Å². The van der Waals surface area contributed by atoms with Crippen molar-refractivity contribution < 1.29 is 4.79 Å². The van der Waals surface area contributed by atoms with E-state index in [2.05, 4.69) is 5.32 Å². The zero-order valence-corrected chi connectivity index (χ0v) is 12.2. The maximum atomic E-state index is 11.8. The van der Waals surface area contributed by atoms with Crippen molar-refractivity contribution in [2.24, 2.45) is 0 Å². The minimum Gasteiger partial charge on any atom is -0.325 e. The quantitative estimate of drug-likeness (QED) is 0.827. The molecule has 2 aromatic rings. The summed E-state index contributed by atoms with van der Waals surface area (Å²) in [5, 5.41) is 4.08. The Morgan fingerprint density at radius 1 is 1.05 bits per heavy atom. The van der Waals surface area contributed by atoms with Gasteiger partial charge in [0.05, 0.1) is 5.75 Å². The van der Waals surface area contributed by atoms with Gasteiger partial charge in [0.25, 0.3) is 0 Å². The molecule has 19 heavy (non-hydrogen) atoms. The minimum absolute atomic E-state index is 0.0674. The number of rotatable bonds is 4. The topological polar surface area (TPSA) is 29.1 Å². The van der Waals surface area contributed by atoms with Crippen molar-refractivity contribution in [3.05, 3.63) is 58.6 Å². The van der Waals surface area contributed by atoms with E-state index < -0.39 is 0 Å². The molecule has 0 aromatic heterocycles. The first-order chi connectivity index (χ1) is 9.13. The van der Waals surface area contributed by atoms with Gasteiger partial charge in [-0.2, -0.15) is 0 Å². The number of carbonyl (C=O) groups is 1. The maximum absolute atomic E-state index is 11.8. The van der Waals surface area contributed by atoms with Gasteiger partial charge in [0, 0.05) is 20.6 Å². The SMILES string of the molecule is O=C(CSc1ccc(Cl)cc1)Nc1cccc(Cl)c1. The number of hydrogen-bond donors (Lipinski definition) is 1. The molecule has 1 amide bonds. The smallest absolute Gasteiger partial charge is 0.234 e. The molecule has 0 saturated carbocycles. The van der Waals surface area contributed by atoms with Gasteiger partial charge in [-0.05, 0) is 42.5 Å². The van der Waals surface area contributed by atoms with E-state index >= 15 is 0 Å². The van der Waals surface area contributed by atoms with E-state index in [1.54, 1.807) is 36.4 Å².